The molecule has 0 radical (unpaired) electrons. The van der Waals surface area contributed by atoms with Crippen LogP contribution < -0.4 is 24.8 Å². The molecule has 344 valence electrons. The molecule has 0 amide bonds. The maximum absolute atomic E-state index is 2.54. The van der Waals surface area contributed by atoms with Crippen LogP contribution in [0.15, 0.2) is 146 Å². The first-order valence-corrected chi connectivity index (χ1v) is 31.2. The van der Waals surface area contributed by atoms with Crippen molar-refractivity contribution in [3.63, 3.8) is 0 Å². The standard InChI is InChI=1S/2C30H33.C2H6Si.2ClH.Zr/c2*1-30(17-8-4-2-3-5-9-18-30)22-23-19-26-13-10-14-28(29(26)20-23)27-16-15-24-11-6-7-12-25(24)21-27;1-3-2;;;/h2*6-7,10-16,19-21H,2-5,8-9,17-18,22H2,1H3;1-2H3;2*1H;/q2*-1;;;;+2/p-2. The number of benzene rings is 6. The van der Waals surface area contributed by atoms with E-state index in [-0.39, 0.29) is 30.2 Å². The minimum Gasteiger partial charge on any atom is -1.00 e. The topological polar surface area (TPSA) is 0 Å². The van der Waals surface area contributed by atoms with Crippen LogP contribution in [0, 0.1) is 10.8 Å². The van der Waals surface area contributed by atoms with Crippen molar-refractivity contribution in [1.29, 1.82) is 0 Å². The van der Waals surface area contributed by atoms with Gasteiger partial charge in [0.15, 0.2) is 0 Å². The molecule has 8 aromatic rings. The molecule has 0 heterocycles. The SMILES string of the molecule is CC1(Cc2cc3c(-c4ccc5ccccc5c4)cccc3[cH-]2)CCCCCCCC1.CC1(Cc2cc3c(-c4ccc5ccccc5c4)cccc3[cH-]2)CCCCCCCC1.C[Si](C)=[Zr+2].[Cl-].[Cl-]. The molecule has 0 nitrogen and oxygen atoms in total. The summed E-state index contributed by atoms with van der Waals surface area (Å²) >= 11 is 1.74. The maximum Gasteiger partial charge on any atom is -1.00 e. The third kappa shape index (κ3) is 13.9. The summed E-state index contributed by atoms with van der Waals surface area (Å²) in [7, 11) is 0. The van der Waals surface area contributed by atoms with Crippen molar-refractivity contribution in [3.05, 3.63) is 157 Å². The van der Waals surface area contributed by atoms with E-state index in [0.29, 0.717) is 10.8 Å². The first-order valence-electron chi connectivity index (χ1n) is 25.0. The van der Waals surface area contributed by atoms with Gasteiger partial charge in [-0.2, -0.15) is 12.1 Å². The van der Waals surface area contributed by atoms with Gasteiger partial charge < -0.3 is 24.8 Å². The molecule has 0 aromatic heterocycles. The molecule has 4 heteroatoms. The number of hydrogen-bond donors (Lipinski definition) is 0. The molecule has 0 aliphatic heterocycles. The molecule has 8 aromatic carbocycles. The molecular weight excluding hydrogens is 935 g/mol. The van der Waals surface area contributed by atoms with E-state index in [2.05, 4.69) is 173 Å². The second kappa shape index (κ2) is 24.9. The normalized spacial score (nSPS) is 16.3. The minimum absolute atomic E-state index is 0. The van der Waals surface area contributed by atoms with Crippen LogP contribution in [0.5, 0.6) is 0 Å². The molecule has 66 heavy (non-hydrogen) atoms. The number of fused-ring (bicyclic) bond motifs is 4. The fourth-order valence-electron chi connectivity index (χ4n) is 11.2. The van der Waals surface area contributed by atoms with Gasteiger partial charge >= 0.3 is 41.9 Å². The van der Waals surface area contributed by atoms with Crippen molar-refractivity contribution >= 4 is 48.5 Å². The Labute approximate surface area is 425 Å². The predicted octanol–water partition coefficient (Wildman–Crippen LogP) is 12.9. The fraction of sp³-hybridized carbons (Fsp3) is 0.387. The van der Waals surface area contributed by atoms with Crippen molar-refractivity contribution in [2.75, 3.05) is 0 Å². The third-order valence-corrected chi connectivity index (χ3v) is 14.6. The smallest absolute Gasteiger partial charge is 1.00 e. The summed E-state index contributed by atoms with van der Waals surface area (Å²) in [6.07, 6.45) is 25.0. The number of rotatable bonds is 6. The Hall–Kier alpha value is -3.26. The molecule has 2 saturated carbocycles. The van der Waals surface area contributed by atoms with Gasteiger partial charge in [-0.15, -0.1) is 69.1 Å². The van der Waals surface area contributed by atoms with E-state index in [1.165, 1.54) is 192 Å². The van der Waals surface area contributed by atoms with Crippen LogP contribution in [0.3, 0.4) is 0 Å². The summed E-state index contributed by atoms with van der Waals surface area (Å²) in [6.45, 7) is 9.70. The van der Waals surface area contributed by atoms with Crippen LogP contribution in [0.1, 0.15) is 128 Å². The summed E-state index contributed by atoms with van der Waals surface area (Å²) < 4.78 is 0. The van der Waals surface area contributed by atoms with Gasteiger partial charge in [0.05, 0.1) is 0 Å². The van der Waals surface area contributed by atoms with Gasteiger partial charge in [0.1, 0.15) is 0 Å². The van der Waals surface area contributed by atoms with Crippen LogP contribution in [0.4, 0.5) is 0 Å². The van der Waals surface area contributed by atoms with Gasteiger partial charge in [-0.1, -0.05) is 187 Å². The summed E-state index contributed by atoms with van der Waals surface area (Å²) in [6, 6.07) is 54.5. The van der Waals surface area contributed by atoms with Crippen LogP contribution in [-0.2, 0) is 36.2 Å². The largest absolute Gasteiger partial charge is 1.00 e. The summed E-state index contributed by atoms with van der Waals surface area (Å²) in [5.41, 5.74) is 9.56. The third-order valence-electron chi connectivity index (χ3n) is 14.6. The Morgan fingerprint density at radius 2 is 0.758 bits per heavy atom. The first-order chi connectivity index (χ1) is 31.1. The van der Waals surface area contributed by atoms with Crippen LogP contribution in [0.25, 0.3) is 65.3 Å². The molecule has 0 unspecified atom stereocenters. The Kier molecular flexibility index (Phi) is 19.6. The zero-order chi connectivity index (χ0) is 44.4. The van der Waals surface area contributed by atoms with Crippen molar-refractivity contribution in [2.24, 2.45) is 10.8 Å². The van der Waals surface area contributed by atoms with Crippen LogP contribution in [0.2, 0.25) is 13.1 Å². The molecule has 2 fully saturated rings. The van der Waals surface area contributed by atoms with Gasteiger partial charge in [0.2, 0.25) is 0 Å². The molecular formula is C62H72Cl2SiZr-2. The van der Waals surface area contributed by atoms with E-state index in [1.54, 1.807) is 23.3 Å². The molecule has 0 spiro atoms. The molecule has 2 aliphatic carbocycles. The summed E-state index contributed by atoms with van der Waals surface area (Å²) in [4.78, 5) is 0. The Balaban J connectivity index is 0.000000196. The van der Waals surface area contributed by atoms with Gasteiger partial charge in [-0.25, -0.2) is 0 Å². The van der Waals surface area contributed by atoms with Crippen molar-refractivity contribution in [2.45, 2.75) is 143 Å². The molecule has 0 bridgehead atoms. The molecule has 10 rings (SSSR count). The van der Waals surface area contributed by atoms with Crippen molar-refractivity contribution in [3.8, 4) is 22.3 Å². The Morgan fingerprint density at radius 3 is 1.12 bits per heavy atom. The Bertz CT molecular complexity index is 2580. The van der Waals surface area contributed by atoms with E-state index >= 15 is 0 Å². The van der Waals surface area contributed by atoms with Crippen molar-refractivity contribution in [1.82, 2.24) is 0 Å². The second-order valence-electron chi connectivity index (χ2n) is 20.7. The monoisotopic (exact) mass is 1000 g/mol. The fourth-order valence-corrected chi connectivity index (χ4v) is 11.2. The van der Waals surface area contributed by atoms with E-state index in [9.17, 15) is 0 Å². The second-order valence-corrected chi connectivity index (χ2v) is 30.1. The average molecular weight is 1010 g/mol. The van der Waals surface area contributed by atoms with E-state index in [4.69, 9.17) is 0 Å². The zero-order valence-corrected chi connectivity index (χ0v) is 45.3. The molecule has 0 N–H and O–H groups in total. The van der Waals surface area contributed by atoms with Gasteiger partial charge in [-0.3, -0.25) is 0 Å². The van der Waals surface area contributed by atoms with E-state index in [0.717, 1.165) is 0 Å². The summed E-state index contributed by atoms with van der Waals surface area (Å²) in [5, 5.41) is 10.9. The maximum atomic E-state index is 2.54. The Morgan fingerprint density at radius 1 is 0.424 bits per heavy atom. The van der Waals surface area contributed by atoms with E-state index < -0.39 is 0 Å². The van der Waals surface area contributed by atoms with Gasteiger partial charge in [0, 0.05) is 0 Å². The van der Waals surface area contributed by atoms with Crippen LogP contribution >= 0.6 is 0 Å². The van der Waals surface area contributed by atoms with Crippen LogP contribution in [-0.4, -0.2) is 5.43 Å². The minimum atomic E-state index is 0. The summed E-state index contributed by atoms with van der Waals surface area (Å²) in [5.74, 6) is 0. The van der Waals surface area contributed by atoms with Crippen molar-refractivity contribution < 1.29 is 48.1 Å². The molecule has 0 atom stereocenters. The molecule has 2 aliphatic rings. The predicted molar refractivity (Wildman–Crippen MR) is 280 cm³/mol. The average Bonchev–Trinajstić information content (AvgIpc) is 3.94. The molecule has 0 saturated heterocycles. The van der Waals surface area contributed by atoms with Gasteiger partial charge in [-0.05, 0) is 94.2 Å². The number of hydrogen-bond acceptors (Lipinski definition) is 0. The first kappa shape index (κ1) is 52.1. The van der Waals surface area contributed by atoms with Gasteiger partial charge in [0.25, 0.3) is 0 Å². The number of halogens is 2. The quantitative estimate of drug-likeness (QED) is 0.115. The zero-order valence-electron chi connectivity index (χ0n) is 40.3. The van der Waals surface area contributed by atoms with E-state index in [1.807, 2.05) is 0 Å².